The van der Waals surface area contributed by atoms with Gasteiger partial charge < -0.3 is 24.3 Å². The number of benzene rings is 2. The molecule has 182 valence electrons. The summed E-state index contributed by atoms with van der Waals surface area (Å²) in [4.78, 5) is 31.9. The van der Waals surface area contributed by atoms with Gasteiger partial charge >= 0.3 is 0 Å². The number of halogens is 1. The summed E-state index contributed by atoms with van der Waals surface area (Å²) in [6, 6.07) is 13.5. The second-order valence-corrected chi connectivity index (χ2v) is 8.83. The number of imidazole rings is 1. The Hall–Kier alpha value is -3.72. The number of rotatable bonds is 5. The zero-order valence-electron chi connectivity index (χ0n) is 19.4. The molecule has 0 spiro atoms. The minimum atomic E-state index is -0.349. The van der Waals surface area contributed by atoms with Crippen LogP contribution in [0, 0.1) is 11.7 Å². The van der Waals surface area contributed by atoms with E-state index in [4.69, 9.17) is 9.47 Å². The second kappa shape index (κ2) is 9.87. The number of amides is 2. The van der Waals surface area contributed by atoms with Crippen molar-refractivity contribution >= 4 is 17.5 Å². The summed E-state index contributed by atoms with van der Waals surface area (Å²) >= 11 is 0. The molecule has 8 nitrogen and oxygen atoms in total. The summed E-state index contributed by atoms with van der Waals surface area (Å²) in [6.45, 7) is 1.83. The number of hydrogen-bond acceptors (Lipinski definition) is 5. The topological polar surface area (TPSA) is 85.7 Å². The third kappa shape index (κ3) is 4.90. The number of anilines is 1. The minimum absolute atomic E-state index is 0.110. The van der Waals surface area contributed by atoms with Crippen molar-refractivity contribution in [1.82, 2.24) is 14.5 Å². The lowest BCUT2D eigenvalue weighted by molar-refractivity contribution is -0.121. The predicted octanol–water partition coefficient (Wildman–Crippen LogP) is 3.79. The van der Waals surface area contributed by atoms with Gasteiger partial charge in [0.05, 0.1) is 32.3 Å². The maximum atomic E-state index is 13.2. The van der Waals surface area contributed by atoms with Crippen LogP contribution in [0.15, 0.2) is 54.9 Å². The number of methoxy groups -OCH3 is 1. The average molecular weight is 479 g/mol. The predicted molar refractivity (Wildman–Crippen MR) is 126 cm³/mol. The van der Waals surface area contributed by atoms with Gasteiger partial charge in [0, 0.05) is 24.7 Å². The first kappa shape index (κ1) is 23.0. The number of ether oxygens (including phenoxy) is 2. The zero-order valence-corrected chi connectivity index (χ0v) is 19.4. The van der Waals surface area contributed by atoms with E-state index in [0.717, 1.165) is 17.0 Å². The Morgan fingerprint density at radius 2 is 1.80 bits per heavy atom. The molecule has 1 aromatic heterocycles. The summed E-state index contributed by atoms with van der Waals surface area (Å²) in [5.74, 6) is -0.00675. The van der Waals surface area contributed by atoms with Gasteiger partial charge in [0.1, 0.15) is 17.7 Å². The maximum absolute atomic E-state index is 13.2. The molecular weight excluding hydrogens is 451 g/mol. The van der Waals surface area contributed by atoms with Crippen molar-refractivity contribution in [3.05, 3.63) is 77.6 Å². The molecule has 5 rings (SSSR count). The number of likely N-dealkylation sites (tertiary alicyclic amines) is 1. The monoisotopic (exact) mass is 478 g/mol. The van der Waals surface area contributed by atoms with E-state index in [-0.39, 0.29) is 29.7 Å². The van der Waals surface area contributed by atoms with Crippen LogP contribution in [0.5, 0.6) is 5.75 Å². The molecule has 3 aromatic rings. The van der Waals surface area contributed by atoms with Crippen molar-refractivity contribution in [3.63, 3.8) is 0 Å². The average Bonchev–Trinajstić information content (AvgIpc) is 3.33. The van der Waals surface area contributed by atoms with E-state index >= 15 is 0 Å². The highest BCUT2D eigenvalue weighted by molar-refractivity contribution is 5.95. The largest absolute Gasteiger partial charge is 0.497 e. The maximum Gasteiger partial charge on any atom is 0.274 e. The fraction of sp³-hybridized carbons (Fsp3) is 0.346. The molecule has 0 saturated carbocycles. The number of nitrogens with one attached hydrogen (secondary N) is 1. The quantitative estimate of drug-likeness (QED) is 0.603. The van der Waals surface area contributed by atoms with Gasteiger partial charge in [-0.15, -0.1) is 0 Å². The Labute approximate surface area is 202 Å². The van der Waals surface area contributed by atoms with Gasteiger partial charge in [-0.1, -0.05) is 12.1 Å². The number of carbonyl (C=O) groups is 2. The first-order valence-corrected chi connectivity index (χ1v) is 11.7. The third-order valence-electron chi connectivity index (χ3n) is 6.68. The lowest BCUT2D eigenvalue weighted by Gasteiger charge is -2.31. The van der Waals surface area contributed by atoms with Crippen molar-refractivity contribution < 1.29 is 23.5 Å². The van der Waals surface area contributed by atoms with Crippen LogP contribution in [0.2, 0.25) is 0 Å². The molecule has 0 radical (unpaired) electrons. The molecule has 1 saturated heterocycles. The van der Waals surface area contributed by atoms with Gasteiger partial charge in [-0.3, -0.25) is 9.59 Å². The van der Waals surface area contributed by atoms with Crippen molar-refractivity contribution in [2.24, 2.45) is 5.92 Å². The number of aromatic nitrogens is 2. The Balaban J connectivity index is 1.18. The summed E-state index contributed by atoms with van der Waals surface area (Å²) in [7, 11) is 1.63. The third-order valence-corrected chi connectivity index (χ3v) is 6.68. The molecule has 1 fully saturated rings. The number of nitrogens with zero attached hydrogens (tertiary/aromatic N) is 3. The Bertz CT molecular complexity index is 1200. The molecule has 2 aromatic carbocycles. The van der Waals surface area contributed by atoms with Gasteiger partial charge in [0.25, 0.3) is 5.91 Å². The van der Waals surface area contributed by atoms with Gasteiger partial charge in [-0.05, 0) is 54.8 Å². The first-order chi connectivity index (χ1) is 17.0. The van der Waals surface area contributed by atoms with Crippen molar-refractivity contribution in [2.45, 2.75) is 32.1 Å². The van der Waals surface area contributed by atoms with E-state index in [9.17, 15) is 14.0 Å². The van der Waals surface area contributed by atoms with Crippen molar-refractivity contribution in [2.75, 3.05) is 25.5 Å². The highest BCUT2D eigenvalue weighted by atomic mass is 19.1. The zero-order chi connectivity index (χ0) is 24.4. The highest BCUT2D eigenvalue weighted by Gasteiger charge is 2.32. The normalized spacial score (nSPS) is 18.1. The molecule has 2 amide bonds. The van der Waals surface area contributed by atoms with Crippen LogP contribution in [-0.4, -0.2) is 46.5 Å². The number of fused-ring (bicyclic) bond motifs is 1. The van der Waals surface area contributed by atoms with E-state index in [1.165, 1.54) is 24.3 Å². The van der Waals surface area contributed by atoms with E-state index in [0.29, 0.717) is 50.5 Å². The fourth-order valence-corrected chi connectivity index (χ4v) is 4.60. The molecule has 9 heteroatoms. The van der Waals surface area contributed by atoms with Crippen LogP contribution < -0.4 is 10.1 Å². The van der Waals surface area contributed by atoms with Crippen LogP contribution in [0.4, 0.5) is 10.1 Å². The molecule has 35 heavy (non-hydrogen) atoms. The summed E-state index contributed by atoms with van der Waals surface area (Å²) in [5.41, 5.74) is 2.79. The molecule has 1 N–H and O–H groups in total. The van der Waals surface area contributed by atoms with Gasteiger partial charge in [-0.2, -0.15) is 0 Å². The highest BCUT2D eigenvalue weighted by Crippen LogP contribution is 2.30. The lowest BCUT2D eigenvalue weighted by atomic mass is 9.95. The standard InChI is InChI=1S/C26H27FN4O4/c1-34-21-8-2-17(3-9-21)23-14-31-16-28-24(22(31)15-35-23)26(33)30-12-10-18(11-13-30)25(32)29-20-6-4-19(27)5-7-20/h2-9,16,18,23H,10-15H2,1H3,(H,29,32). The van der Waals surface area contributed by atoms with Crippen LogP contribution in [0.3, 0.4) is 0 Å². The number of carbonyl (C=O) groups excluding carboxylic acids is 2. The molecule has 3 heterocycles. The molecule has 0 aliphatic carbocycles. The molecule has 0 bridgehead atoms. The second-order valence-electron chi connectivity index (χ2n) is 8.83. The molecular formula is C26H27FN4O4. The van der Waals surface area contributed by atoms with Gasteiger partial charge in [-0.25, -0.2) is 9.37 Å². The molecule has 2 aliphatic heterocycles. The van der Waals surface area contributed by atoms with Crippen LogP contribution >= 0.6 is 0 Å². The smallest absolute Gasteiger partial charge is 0.274 e. The fourth-order valence-electron chi connectivity index (χ4n) is 4.60. The number of piperidine rings is 1. The van der Waals surface area contributed by atoms with E-state index in [1.54, 1.807) is 18.3 Å². The summed E-state index contributed by atoms with van der Waals surface area (Å²) in [6.07, 6.45) is 2.70. The van der Waals surface area contributed by atoms with Gasteiger partial charge in [0.15, 0.2) is 5.69 Å². The van der Waals surface area contributed by atoms with Gasteiger partial charge in [0.2, 0.25) is 5.91 Å². The Morgan fingerprint density at radius 1 is 1.09 bits per heavy atom. The van der Waals surface area contributed by atoms with Crippen LogP contribution in [0.25, 0.3) is 0 Å². The SMILES string of the molecule is COc1ccc(C2Cn3cnc(C(=O)N4CCC(C(=O)Nc5ccc(F)cc5)CC4)c3CO2)cc1. The lowest BCUT2D eigenvalue weighted by Crippen LogP contribution is -2.42. The van der Waals surface area contributed by atoms with E-state index < -0.39 is 0 Å². The number of hydrogen-bond donors (Lipinski definition) is 1. The summed E-state index contributed by atoms with van der Waals surface area (Å²) in [5, 5.41) is 2.83. The Kier molecular flexibility index (Phi) is 6.50. The molecule has 2 aliphatic rings. The first-order valence-electron chi connectivity index (χ1n) is 11.7. The Morgan fingerprint density at radius 3 is 2.49 bits per heavy atom. The minimum Gasteiger partial charge on any atom is -0.497 e. The van der Waals surface area contributed by atoms with Crippen LogP contribution in [0.1, 0.15) is 40.7 Å². The van der Waals surface area contributed by atoms with E-state index in [2.05, 4.69) is 10.3 Å². The molecule has 1 atom stereocenters. The van der Waals surface area contributed by atoms with E-state index in [1.807, 2.05) is 28.8 Å². The van der Waals surface area contributed by atoms with Crippen molar-refractivity contribution in [1.29, 1.82) is 0 Å². The van der Waals surface area contributed by atoms with Crippen LogP contribution in [-0.2, 0) is 22.7 Å². The molecule has 1 unspecified atom stereocenters. The van der Waals surface area contributed by atoms with Crippen molar-refractivity contribution in [3.8, 4) is 5.75 Å². The summed E-state index contributed by atoms with van der Waals surface area (Å²) < 4.78 is 26.3.